The first kappa shape index (κ1) is 14.4. The zero-order valence-electron chi connectivity index (χ0n) is 10.6. The first-order valence-corrected chi connectivity index (χ1v) is 7.62. The molecule has 0 bridgehead atoms. The fraction of sp³-hybridized carbons (Fsp3) is 0.200. The molecule has 0 radical (unpaired) electrons. The average molecular weight is 385 g/mol. The van der Waals surface area contributed by atoms with E-state index in [-0.39, 0.29) is 0 Å². The number of hydrogen-bond acceptors (Lipinski definition) is 2. The Labute approximate surface area is 130 Å². The molecule has 0 aliphatic rings. The molecule has 0 atom stereocenters. The summed E-state index contributed by atoms with van der Waals surface area (Å²) in [7, 11) is 0. The first-order valence-electron chi connectivity index (χ1n) is 6.03. The topological polar surface area (TPSA) is 21.3 Å². The van der Waals surface area contributed by atoms with E-state index >= 15 is 0 Å². The highest BCUT2D eigenvalue weighted by Gasteiger charge is 1.99. The normalized spacial score (nSPS) is 10.3. The lowest BCUT2D eigenvalue weighted by atomic mass is 10.2. The number of anilines is 1. The third kappa shape index (κ3) is 4.55. The molecule has 0 heterocycles. The van der Waals surface area contributed by atoms with Crippen molar-refractivity contribution < 1.29 is 4.74 Å². The maximum Gasteiger partial charge on any atom is 0.119 e. The molecule has 2 aromatic rings. The van der Waals surface area contributed by atoms with Crippen LogP contribution in [0.5, 0.6) is 5.75 Å². The predicted octanol–water partition coefficient (Wildman–Crippen LogP) is 5.01. The SMILES string of the molecule is Cc1ccc(NCCOc2ccc(Br)cc2)c(Br)c1. The Hall–Kier alpha value is -1.000. The maximum absolute atomic E-state index is 5.65. The number of hydrogen-bond donors (Lipinski definition) is 1. The molecule has 4 heteroatoms. The number of rotatable bonds is 5. The van der Waals surface area contributed by atoms with Gasteiger partial charge in [0, 0.05) is 21.2 Å². The molecule has 0 aromatic heterocycles. The van der Waals surface area contributed by atoms with Crippen LogP contribution < -0.4 is 10.1 Å². The number of benzene rings is 2. The zero-order chi connectivity index (χ0) is 13.7. The number of halogens is 2. The summed E-state index contributed by atoms with van der Waals surface area (Å²) in [4.78, 5) is 0. The minimum absolute atomic E-state index is 0.627. The summed E-state index contributed by atoms with van der Waals surface area (Å²) in [6.07, 6.45) is 0. The van der Waals surface area contributed by atoms with Crippen molar-refractivity contribution in [3.63, 3.8) is 0 Å². The van der Waals surface area contributed by atoms with Crippen LogP contribution in [0.2, 0.25) is 0 Å². The van der Waals surface area contributed by atoms with E-state index in [4.69, 9.17) is 4.74 Å². The largest absolute Gasteiger partial charge is 0.492 e. The monoisotopic (exact) mass is 383 g/mol. The minimum Gasteiger partial charge on any atom is -0.492 e. The van der Waals surface area contributed by atoms with Crippen LogP contribution >= 0.6 is 31.9 Å². The van der Waals surface area contributed by atoms with E-state index in [9.17, 15) is 0 Å². The molecule has 2 aromatic carbocycles. The highest BCUT2D eigenvalue weighted by Crippen LogP contribution is 2.23. The van der Waals surface area contributed by atoms with Gasteiger partial charge in [-0.2, -0.15) is 0 Å². The van der Waals surface area contributed by atoms with Crippen LogP contribution in [-0.2, 0) is 0 Å². The maximum atomic E-state index is 5.65. The molecule has 1 N–H and O–H groups in total. The van der Waals surface area contributed by atoms with Crippen molar-refractivity contribution in [1.29, 1.82) is 0 Å². The van der Waals surface area contributed by atoms with Gasteiger partial charge in [-0.25, -0.2) is 0 Å². The zero-order valence-corrected chi connectivity index (χ0v) is 13.8. The molecule has 0 aliphatic heterocycles. The van der Waals surface area contributed by atoms with Crippen LogP contribution in [0.25, 0.3) is 0 Å². The number of aryl methyl sites for hydroxylation is 1. The molecule has 0 amide bonds. The minimum atomic E-state index is 0.627. The second kappa shape index (κ2) is 6.96. The Morgan fingerprint density at radius 2 is 1.79 bits per heavy atom. The summed E-state index contributed by atoms with van der Waals surface area (Å²) in [6.45, 7) is 3.46. The van der Waals surface area contributed by atoms with Crippen molar-refractivity contribution in [2.45, 2.75) is 6.92 Å². The second-order valence-corrected chi connectivity index (χ2v) is 5.98. The molecule has 0 unspecified atom stereocenters. The Morgan fingerprint density at radius 3 is 2.47 bits per heavy atom. The average Bonchev–Trinajstić information content (AvgIpc) is 2.39. The molecule has 19 heavy (non-hydrogen) atoms. The van der Waals surface area contributed by atoms with Gasteiger partial charge in [0.15, 0.2) is 0 Å². The summed E-state index contributed by atoms with van der Waals surface area (Å²) in [5.41, 5.74) is 2.33. The molecule has 0 saturated heterocycles. The highest BCUT2D eigenvalue weighted by molar-refractivity contribution is 9.10. The molecule has 0 saturated carbocycles. The van der Waals surface area contributed by atoms with Crippen LogP contribution in [0.3, 0.4) is 0 Å². The molecule has 2 rings (SSSR count). The van der Waals surface area contributed by atoms with E-state index in [1.807, 2.05) is 24.3 Å². The molecular weight excluding hydrogens is 370 g/mol. The third-order valence-corrected chi connectivity index (χ3v) is 3.81. The van der Waals surface area contributed by atoms with Crippen LogP contribution in [0, 0.1) is 6.92 Å². The fourth-order valence-corrected chi connectivity index (χ4v) is 2.55. The van der Waals surface area contributed by atoms with E-state index in [2.05, 4.69) is 62.3 Å². The van der Waals surface area contributed by atoms with Crippen molar-refractivity contribution in [1.82, 2.24) is 0 Å². The van der Waals surface area contributed by atoms with Gasteiger partial charge in [-0.3, -0.25) is 0 Å². The van der Waals surface area contributed by atoms with Crippen molar-refractivity contribution in [3.05, 3.63) is 57.0 Å². The van der Waals surface area contributed by atoms with Crippen LogP contribution in [0.15, 0.2) is 51.4 Å². The van der Waals surface area contributed by atoms with Crippen molar-refractivity contribution >= 4 is 37.5 Å². The van der Waals surface area contributed by atoms with E-state index in [0.29, 0.717) is 6.61 Å². The molecule has 0 aliphatic carbocycles. The number of ether oxygens (including phenoxy) is 1. The van der Waals surface area contributed by atoms with Crippen LogP contribution in [0.4, 0.5) is 5.69 Å². The number of nitrogens with one attached hydrogen (secondary N) is 1. The van der Waals surface area contributed by atoms with Gasteiger partial charge in [0.25, 0.3) is 0 Å². The Bertz CT molecular complexity index is 540. The van der Waals surface area contributed by atoms with Gasteiger partial charge >= 0.3 is 0 Å². The van der Waals surface area contributed by atoms with Gasteiger partial charge in [-0.1, -0.05) is 22.0 Å². The molecule has 2 nitrogen and oxygen atoms in total. The van der Waals surface area contributed by atoms with Crippen molar-refractivity contribution in [2.24, 2.45) is 0 Å². The molecular formula is C15H15Br2NO. The lowest BCUT2D eigenvalue weighted by Gasteiger charge is -2.10. The molecule has 0 fully saturated rings. The second-order valence-electron chi connectivity index (χ2n) is 4.21. The summed E-state index contributed by atoms with van der Waals surface area (Å²) >= 11 is 6.94. The summed E-state index contributed by atoms with van der Waals surface area (Å²) in [5.74, 6) is 0.882. The Morgan fingerprint density at radius 1 is 1.05 bits per heavy atom. The van der Waals surface area contributed by atoms with Crippen molar-refractivity contribution in [3.8, 4) is 5.75 Å². The predicted molar refractivity (Wildman–Crippen MR) is 87.0 cm³/mol. The van der Waals surface area contributed by atoms with Gasteiger partial charge in [-0.05, 0) is 64.8 Å². The standard InChI is InChI=1S/C15H15Br2NO/c1-11-2-7-15(14(17)10-11)18-8-9-19-13-5-3-12(16)4-6-13/h2-7,10,18H,8-9H2,1H3. The fourth-order valence-electron chi connectivity index (χ4n) is 1.65. The van der Waals surface area contributed by atoms with E-state index in [0.717, 1.165) is 26.9 Å². The van der Waals surface area contributed by atoms with Crippen LogP contribution in [-0.4, -0.2) is 13.2 Å². The van der Waals surface area contributed by atoms with Gasteiger partial charge in [0.2, 0.25) is 0 Å². The molecule has 0 spiro atoms. The highest BCUT2D eigenvalue weighted by atomic mass is 79.9. The lowest BCUT2D eigenvalue weighted by molar-refractivity contribution is 0.333. The first-order chi connectivity index (χ1) is 9.15. The summed E-state index contributed by atoms with van der Waals surface area (Å²) in [6, 6.07) is 14.1. The van der Waals surface area contributed by atoms with Gasteiger partial charge in [0.05, 0.1) is 0 Å². The van der Waals surface area contributed by atoms with Crippen LogP contribution in [0.1, 0.15) is 5.56 Å². The summed E-state index contributed by atoms with van der Waals surface area (Å²) < 4.78 is 7.78. The lowest BCUT2D eigenvalue weighted by Crippen LogP contribution is -2.11. The van der Waals surface area contributed by atoms with Crippen molar-refractivity contribution in [2.75, 3.05) is 18.5 Å². The summed E-state index contributed by atoms with van der Waals surface area (Å²) in [5, 5.41) is 3.34. The van der Waals surface area contributed by atoms with Gasteiger partial charge < -0.3 is 10.1 Å². The Kier molecular flexibility index (Phi) is 5.28. The van der Waals surface area contributed by atoms with E-state index in [1.165, 1.54) is 5.56 Å². The third-order valence-electron chi connectivity index (χ3n) is 2.62. The quantitative estimate of drug-likeness (QED) is 0.731. The van der Waals surface area contributed by atoms with E-state index < -0.39 is 0 Å². The molecule has 100 valence electrons. The van der Waals surface area contributed by atoms with E-state index in [1.54, 1.807) is 0 Å². The Balaban J connectivity index is 1.79. The van der Waals surface area contributed by atoms with Gasteiger partial charge in [-0.15, -0.1) is 0 Å². The smallest absolute Gasteiger partial charge is 0.119 e. The van der Waals surface area contributed by atoms with Gasteiger partial charge in [0.1, 0.15) is 12.4 Å².